The van der Waals surface area contributed by atoms with Crippen LogP contribution in [0.3, 0.4) is 0 Å². The van der Waals surface area contributed by atoms with E-state index >= 15 is 0 Å². The smallest absolute Gasteiger partial charge is 0.213 e. The number of pyridine rings is 1. The molecule has 3 rings (SSSR count). The lowest BCUT2D eigenvalue weighted by Crippen LogP contribution is -2.17. The third-order valence-electron chi connectivity index (χ3n) is 5.25. The molecule has 1 aromatic heterocycles. The van der Waals surface area contributed by atoms with E-state index in [1.807, 2.05) is 30.3 Å². The number of aryl methyl sites for hydroxylation is 1. The Morgan fingerprint density at radius 3 is 2.53 bits per heavy atom. The van der Waals surface area contributed by atoms with Crippen molar-refractivity contribution in [2.24, 2.45) is 5.73 Å². The molecule has 0 aliphatic rings. The van der Waals surface area contributed by atoms with Gasteiger partial charge in [0.15, 0.2) is 0 Å². The standard InChI is InChI=1S/C24H31N3O3/c1-15-12-21(30-5)27-24-19(26-16(2)8-7-11-25)14-20(29-4)23(22(15)24)17-9-6-10-18(13-17)28-3/h6,9-10,12-14,16,26H,7-8,11,25H2,1-5H3. The number of nitrogens with zero attached hydrogens (tertiary/aromatic N) is 1. The third-order valence-corrected chi connectivity index (χ3v) is 5.25. The number of benzene rings is 2. The molecule has 0 aliphatic heterocycles. The van der Waals surface area contributed by atoms with Crippen LogP contribution in [0.4, 0.5) is 5.69 Å². The summed E-state index contributed by atoms with van der Waals surface area (Å²) in [4.78, 5) is 4.80. The Bertz CT molecular complexity index is 1020. The first kappa shape index (κ1) is 21.7. The van der Waals surface area contributed by atoms with Gasteiger partial charge in [-0.25, -0.2) is 4.98 Å². The van der Waals surface area contributed by atoms with Crippen LogP contribution in [0.25, 0.3) is 22.0 Å². The Hall–Kier alpha value is -2.99. The van der Waals surface area contributed by atoms with Crippen molar-refractivity contribution in [1.82, 2.24) is 4.98 Å². The normalized spacial score (nSPS) is 11.9. The van der Waals surface area contributed by atoms with Crippen molar-refractivity contribution in [2.45, 2.75) is 32.7 Å². The average molecular weight is 410 g/mol. The maximum Gasteiger partial charge on any atom is 0.213 e. The zero-order valence-corrected chi connectivity index (χ0v) is 18.4. The molecule has 0 saturated heterocycles. The largest absolute Gasteiger partial charge is 0.497 e. The minimum absolute atomic E-state index is 0.248. The molecule has 0 spiro atoms. The van der Waals surface area contributed by atoms with Gasteiger partial charge in [0, 0.05) is 29.1 Å². The number of methoxy groups -OCH3 is 3. The maximum atomic E-state index is 5.84. The van der Waals surface area contributed by atoms with E-state index in [4.69, 9.17) is 24.9 Å². The Kier molecular flexibility index (Phi) is 7.00. The molecule has 0 bridgehead atoms. The van der Waals surface area contributed by atoms with Crippen LogP contribution < -0.4 is 25.3 Å². The highest BCUT2D eigenvalue weighted by atomic mass is 16.5. The minimum Gasteiger partial charge on any atom is -0.497 e. The van der Waals surface area contributed by atoms with Crippen LogP contribution in [0.15, 0.2) is 36.4 Å². The third kappa shape index (κ3) is 4.44. The summed E-state index contributed by atoms with van der Waals surface area (Å²) in [6.45, 7) is 4.89. The summed E-state index contributed by atoms with van der Waals surface area (Å²) in [5.41, 5.74) is 10.5. The first-order chi connectivity index (χ1) is 14.5. The Labute approximate surface area is 178 Å². The van der Waals surface area contributed by atoms with E-state index in [2.05, 4.69) is 25.2 Å². The van der Waals surface area contributed by atoms with Crippen LogP contribution in [0.5, 0.6) is 17.4 Å². The summed E-state index contributed by atoms with van der Waals surface area (Å²) in [5.74, 6) is 2.15. The number of aromatic nitrogens is 1. The van der Waals surface area contributed by atoms with E-state index in [1.165, 1.54) is 0 Å². The molecule has 160 valence electrons. The fraction of sp³-hybridized carbons (Fsp3) is 0.375. The van der Waals surface area contributed by atoms with Gasteiger partial charge in [-0.05, 0) is 56.5 Å². The van der Waals surface area contributed by atoms with E-state index in [-0.39, 0.29) is 6.04 Å². The topological polar surface area (TPSA) is 78.6 Å². The van der Waals surface area contributed by atoms with Crippen LogP contribution in [0.1, 0.15) is 25.3 Å². The number of ether oxygens (including phenoxy) is 3. The molecule has 1 unspecified atom stereocenters. The number of rotatable bonds is 9. The Morgan fingerprint density at radius 2 is 1.87 bits per heavy atom. The zero-order chi connectivity index (χ0) is 21.7. The van der Waals surface area contributed by atoms with Gasteiger partial charge in [0.1, 0.15) is 11.5 Å². The molecule has 0 fully saturated rings. The molecule has 0 saturated carbocycles. The van der Waals surface area contributed by atoms with Gasteiger partial charge in [-0.1, -0.05) is 12.1 Å². The van der Waals surface area contributed by atoms with Crippen molar-refractivity contribution in [3.8, 4) is 28.5 Å². The first-order valence-electron chi connectivity index (χ1n) is 10.2. The fourth-order valence-corrected chi connectivity index (χ4v) is 3.75. The summed E-state index contributed by atoms with van der Waals surface area (Å²) < 4.78 is 16.7. The average Bonchev–Trinajstić information content (AvgIpc) is 2.77. The van der Waals surface area contributed by atoms with E-state index in [0.29, 0.717) is 12.4 Å². The molecule has 1 heterocycles. The summed E-state index contributed by atoms with van der Waals surface area (Å²) in [6, 6.07) is 12.2. The van der Waals surface area contributed by atoms with Gasteiger partial charge < -0.3 is 25.3 Å². The van der Waals surface area contributed by atoms with Crippen molar-refractivity contribution in [1.29, 1.82) is 0 Å². The number of fused-ring (bicyclic) bond motifs is 1. The van der Waals surface area contributed by atoms with E-state index < -0.39 is 0 Å². The number of anilines is 1. The van der Waals surface area contributed by atoms with Gasteiger partial charge in [-0.2, -0.15) is 0 Å². The van der Waals surface area contributed by atoms with Crippen molar-refractivity contribution in [2.75, 3.05) is 33.2 Å². The zero-order valence-electron chi connectivity index (χ0n) is 18.4. The van der Waals surface area contributed by atoms with Gasteiger partial charge in [0.2, 0.25) is 5.88 Å². The Balaban J connectivity index is 2.27. The van der Waals surface area contributed by atoms with Gasteiger partial charge in [-0.3, -0.25) is 0 Å². The molecule has 30 heavy (non-hydrogen) atoms. The second-order valence-electron chi connectivity index (χ2n) is 7.41. The lowest BCUT2D eigenvalue weighted by molar-refractivity contribution is 0.399. The van der Waals surface area contributed by atoms with Crippen molar-refractivity contribution in [3.05, 3.63) is 42.0 Å². The van der Waals surface area contributed by atoms with Gasteiger partial charge in [0.05, 0.1) is 32.5 Å². The van der Waals surface area contributed by atoms with Gasteiger partial charge in [-0.15, -0.1) is 0 Å². The molecule has 6 heteroatoms. The van der Waals surface area contributed by atoms with Crippen LogP contribution in [0, 0.1) is 6.92 Å². The number of nitrogens with two attached hydrogens (primary N) is 1. The van der Waals surface area contributed by atoms with Gasteiger partial charge >= 0.3 is 0 Å². The van der Waals surface area contributed by atoms with Gasteiger partial charge in [0.25, 0.3) is 0 Å². The van der Waals surface area contributed by atoms with Crippen molar-refractivity contribution >= 4 is 16.6 Å². The molecule has 2 aromatic carbocycles. The molecule has 6 nitrogen and oxygen atoms in total. The molecule has 3 N–H and O–H groups in total. The fourth-order valence-electron chi connectivity index (χ4n) is 3.75. The molecule has 1 atom stereocenters. The van der Waals surface area contributed by atoms with E-state index in [1.54, 1.807) is 21.3 Å². The number of hydrogen-bond acceptors (Lipinski definition) is 6. The highest BCUT2D eigenvalue weighted by Crippen LogP contribution is 2.43. The summed E-state index contributed by atoms with van der Waals surface area (Å²) in [5, 5.41) is 4.62. The first-order valence-corrected chi connectivity index (χ1v) is 10.2. The lowest BCUT2D eigenvalue weighted by Gasteiger charge is -2.21. The van der Waals surface area contributed by atoms with Crippen molar-refractivity contribution in [3.63, 3.8) is 0 Å². The number of nitrogens with one attached hydrogen (secondary N) is 1. The second-order valence-corrected chi connectivity index (χ2v) is 7.41. The quantitative estimate of drug-likeness (QED) is 0.530. The predicted molar refractivity (Wildman–Crippen MR) is 123 cm³/mol. The molecule has 0 amide bonds. The van der Waals surface area contributed by atoms with Crippen LogP contribution in [-0.2, 0) is 0 Å². The SMILES string of the molecule is COc1cccc(-c2c(OC)cc(NC(C)CCCN)c3nc(OC)cc(C)c23)c1. The predicted octanol–water partition coefficient (Wildman–Crippen LogP) is 4.78. The summed E-state index contributed by atoms with van der Waals surface area (Å²) in [6.07, 6.45) is 1.93. The highest BCUT2D eigenvalue weighted by Gasteiger charge is 2.20. The van der Waals surface area contributed by atoms with Crippen LogP contribution in [0.2, 0.25) is 0 Å². The van der Waals surface area contributed by atoms with E-state index in [0.717, 1.165) is 57.6 Å². The van der Waals surface area contributed by atoms with Crippen LogP contribution >= 0.6 is 0 Å². The lowest BCUT2D eigenvalue weighted by atomic mass is 9.95. The molecule has 0 aliphatic carbocycles. The molecular weight excluding hydrogens is 378 g/mol. The Morgan fingerprint density at radius 1 is 1.07 bits per heavy atom. The molecular formula is C24H31N3O3. The maximum absolute atomic E-state index is 5.84. The number of hydrogen-bond donors (Lipinski definition) is 2. The van der Waals surface area contributed by atoms with E-state index in [9.17, 15) is 0 Å². The minimum atomic E-state index is 0.248. The summed E-state index contributed by atoms with van der Waals surface area (Å²) >= 11 is 0. The molecule has 3 aromatic rings. The van der Waals surface area contributed by atoms with Crippen LogP contribution in [-0.4, -0.2) is 38.9 Å². The molecule has 0 radical (unpaired) electrons. The van der Waals surface area contributed by atoms with Crippen molar-refractivity contribution < 1.29 is 14.2 Å². The second kappa shape index (κ2) is 9.67. The monoisotopic (exact) mass is 409 g/mol. The highest BCUT2D eigenvalue weighted by molar-refractivity contribution is 6.06. The summed E-state index contributed by atoms with van der Waals surface area (Å²) in [7, 11) is 5.00.